The number of ether oxygens (including phenoxy) is 1. The summed E-state index contributed by atoms with van der Waals surface area (Å²) in [4.78, 5) is 22.5. The molecule has 1 aromatic rings. The van der Waals surface area contributed by atoms with Crippen molar-refractivity contribution in [1.29, 1.82) is 0 Å². The number of carbonyl (C=O) groups is 2. The first kappa shape index (κ1) is 12.3. The maximum atomic E-state index is 13.7. The Hall–Kier alpha value is -1.78. The maximum Gasteiger partial charge on any atom is 0.318 e. The third kappa shape index (κ3) is 1.30. The van der Waals surface area contributed by atoms with E-state index in [1.807, 2.05) is 6.07 Å². The van der Waals surface area contributed by atoms with Crippen molar-refractivity contribution >= 4 is 12.3 Å². The van der Waals surface area contributed by atoms with Gasteiger partial charge in [-0.15, -0.1) is 0 Å². The Bertz CT molecular complexity index is 533. The molecule has 3 nitrogen and oxygen atoms in total. The van der Waals surface area contributed by atoms with Gasteiger partial charge < -0.3 is 9.53 Å². The van der Waals surface area contributed by atoms with E-state index in [4.69, 9.17) is 4.74 Å². The summed E-state index contributed by atoms with van der Waals surface area (Å²) in [5, 5.41) is 0. The Labute approximate surface area is 108 Å². The quantitative estimate of drug-likeness (QED) is 0.620. The van der Waals surface area contributed by atoms with Crippen LogP contribution in [0.3, 0.4) is 0 Å². The van der Waals surface area contributed by atoms with E-state index in [-0.39, 0.29) is 25.7 Å². The molecule has 0 spiro atoms. The molecule has 19 heavy (non-hydrogen) atoms. The molecule has 3 fully saturated rings. The lowest BCUT2D eigenvalue weighted by molar-refractivity contribution is -0.374. The van der Waals surface area contributed by atoms with Crippen molar-refractivity contribution in [2.24, 2.45) is 10.8 Å². The number of hydrogen-bond acceptors (Lipinski definition) is 3. The molecule has 0 N–H and O–H groups in total. The molecule has 1 aromatic carbocycles. The van der Waals surface area contributed by atoms with E-state index in [9.17, 15) is 18.4 Å². The fraction of sp³-hybridized carbons (Fsp3) is 0.429. The number of esters is 1. The molecule has 5 heteroatoms. The van der Waals surface area contributed by atoms with Gasteiger partial charge in [0.15, 0.2) is 0 Å². The van der Waals surface area contributed by atoms with Gasteiger partial charge in [0, 0.05) is 0 Å². The molecule has 100 valence electrons. The molecule has 0 atom stereocenters. The first-order valence-corrected chi connectivity index (χ1v) is 6.03. The van der Waals surface area contributed by atoms with Crippen molar-refractivity contribution in [3.63, 3.8) is 0 Å². The summed E-state index contributed by atoms with van der Waals surface area (Å²) in [7, 11) is 0. The van der Waals surface area contributed by atoms with Crippen LogP contribution in [-0.4, -0.2) is 18.2 Å². The molecule has 2 bridgehead atoms. The van der Waals surface area contributed by atoms with E-state index >= 15 is 0 Å². The minimum atomic E-state index is -3.25. The monoisotopic (exact) mass is 266 g/mol. The van der Waals surface area contributed by atoms with Gasteiger partial charge in [-0.25, -0.2) is 8.78 Å². The molecule has 0 unspecified atom stereocenters. The van der Waals surface area contributed by atoms with Crippen LogP contribution in [0.2, 0.25) is 0 Å². The fourth-order valence-corrected chi connectivity index (χ4v) is 3.02. The second-order valence-corrected chi connectivity index (χ2v) is 5.35. The van der Waals surface area contributed by atoms with Crippen molar-refractivity contribution < 1.29 is 23.1 Å². The summed E-state index contributed by atoms with van der Waals surface area (Å²) < 4.78 is 32.4. The molecule has 3 aliphatic carbocycles. The van der Waals surface area contributed by atoms with Gasteiger partial charge in [-0.2, -0.15) is 0 Å². The van der Waals surface area contributed by atoms with Crippen LogP contribution < -0.4 is 0 Å². The molecule has 4 rings (SSSR count). The fourth-order valence-electron chi connectivity index (χ4n) is 3.02. The van der Waals surface area contributed by atoms with Gasteiger partial charge in [-0.05, 0) is 18.4 Å². The Balaban J connectivity index is 1.66. The zero-order chi connectivity index (χ0) is 13.7. The number of halogens is 2. The second-order valence-electron chi connectivity index (χ2n) is 5.35. The average Bonchev–Trinajstić information content (AvgIpc) is 2.36. The van der Waals surface area contributed by atoms with Crippen molar-refractivity contribution in [2.45, 2.75) is 25.4 Å². The average molecular weight is 266 g/mol. The number of benzene rings is 1. The Kier molecular flexibility index (Phi) is 2.34. The van der Waals surface area contributed by atoms with Crippen LogP contribution >= 0.6 is 0 Å². The molecule has 0 heterocycles. The summed E-state index contributed by atoms with van der Waals surface area (Å²) >= 11 is 0. The normalized spacial score (nSPS) is 33.8. The first-order chi connectivity index (χ1) is 8.97. The van der Waals surface area contributed by atoms with E-state index in [1.165, 1.54) is 0 Å². The third-order valence-corrected chi connectivity index (χ3v) is 4.29. The smallest absolute Gasteiger partial charge is 0.318 e. The van der Waals surface area contributed by atoms with Crippen molar-refractivity contribution in [1.82, 2.24) is 0 Å². The molecular weight excluding hydrogens is 254 g/mol. The predicted octanol–water partition coefficient (Wildman–Crippen LogP) is 2.34. The highest BCUT2D eigenvalue weighted by atomic mass is 19.3. The molecule has 3 aliphatic rings. The zero-order valence-electron chi connectivity index (χ0n) is 10.1. The van der Waals surface area contributed by atoms with Gasteiger partial charge in [-0.3, -0.25) is 4.79 Å². The van der Waals surface area contributed by atoms with Crippen LogP contribution in [0.15, 0.2) is 30.3 Å². The van der Waals surface area contributed by atoms with Crippen LogP contribution in [0.5, 0.6) is 0 Å². The van der Waals surface area contributed by atoms with Crippen LogP contribution in [0.1, 0.15) is 18.4 Å². The highest BCUT2D eigenvalue weighted by Gasteiger charge is 2.92. The highest BCUT2D eigenvalue weighted by Crippen LogP contribution is 2.81. The Morgan fingerprint density at radius 2 is 1.89 bits per heavy atom. The summed E-state index contributed by atoms with van der Waals surface area (Å²) in [6.45, 7) is -0.0222. The van der Waals surface area contributed by atoms with Crippen molar-refractivity contribution in [3.8, 4) is 0 Å². The minimum Gasteiger partial charge on any atom is -0.460 e. The predicted molar refractivity (Wildman–Crippen MR) is 61.3 cm³/mol. The molecule has 0 saturated heterocycles. The van der Waals surface area contributed by atoms with E-state index in [1.54, 1.807) is 24.3 Å². The molecular formula is C14H12F2O3. The van der Waals surface area contributed by atoms with Crippen LogP contribution in [0, 0.1) is 10.8 Å². The van der Waals surface area contributed by atoms with Gasteiger partial charge in [-0.1, -0.05) is 30.3 Å². The zero-order valence-corrected chi connectivity index (χ0v) is 10.1. The maximum absolute atomic E-state index is 13.7. The Morgan fingerprint density at radius 3 is 2.42 bits per heavy atom. The summed E-state index contributed by atoms with van der Waals surface area (Å²) in [6, 6.07) is 8.87. The van der Waals surface area contributed by atoms with E-state index in [0.29, 0.717) is 0 Å². The molecule has 0 amide bonds. The lowest BCUT2D eigenvalue weighted by Gasteiger charge is -2.70. The van der Waals surface area contributed by atoms with Crippen molar-refractivity contribution in [3.05, 3.63) is 35.9 Å². The molecule has 3 saturated carbocycles. The number of hydrogen-bond donors (Lipinski definition) is 0. The van der Waals surface area contributed by atoms with E-state index in [0.717, 1.165) is 5.56 Å². The van der Waals surface area contributed by atoms with Crippen LogP contribution in [-0.2, 0) is 20.9 Å². The lowest BCUT2D eigenvalue weighted by Crippen LogP contribution is -2.82. The van der Waals surface area contributed by atoms with Crippen LogP contribution in [0.4, 0.5) is 8.78 Å². The van der Waals surface area contributed by atoms with Gasteiger partial charge in [0.1, 0.15) is 18.3 Å². The molecule has 0 aromatic heterocycles. The molecule has 0 aliphatic heterocycles. The van der Waals surface area contributed by atoms with Gasteiger partial charge in [0.05, 0.1) is 5.41 Å². The van der Waals surface area contributed by atoms with E-state index < -0.39 is 22.7 Å². The largest absolute Gasteiger partial charge is 0.460 e. The standard InChI is InChI=1S/C14H12F2O3/c15-14(16)12(9-17)7-13(14,8-12)11(18)19-6-10-4-2-1-3-5-10/h1-5,9H,6-8H2. The number of aldehydes is 1. The van der Waals surface area contributed by atoms with E-state index in [2.05, 4.69) is 0 Å². The number of carbonyl (C=O) groups excluding carboxylic acids is 2. The van der Waals surface area contributed by atoms with Crippen molar-refractivity contribution in [2.75, 3.05) is 0 Å². The third-order valence-electron chi connectivity index (χ3n) is 4.29. The Morgan fingerprint density at radius 1 is 1.26 bits per heavy atom. The lowest BCUT2D eigenvalue weighted by atomic mass is 9.32. The van der Waals surface area contributed by atoms with Gasteiger partial charge in [0.2, 0.25) is 0 Å². The number of rotatable bonds is 4. The second kappa shape index (κ2) is 3.62. The van der Waals surface area contributed by atoms with Crippen LogP contribution in [0.25, 0.3) is 0 Å². The highest BCUT2D eigenvalue weighted by molar-refractivity contribution is 5.89. The SMILES string of the molecule is O=CC12CC(C(=O)OCc3ccccc3)(C1)C2(F)F. The summed E-state index contributed by atoms with van der Waals surface area (Å²) in [5.74, 6) is -4.15. The topological polar surface area (TPSA) is 43.4 Å². The minimum absolute atomic E-state index is 0.0222. The van der Waals surface area contributed by atoms with Gasteiger partial charge >= 0.3 is 5.97 Å². The number of alkyl halides is 2. The molecule has 0 radical (unpaired) electrons. The summed E-state index contributed by atoms with van der Waals surface area (Å²) in [6.07, 6.45) is 0.0907. The van der Waals surface area contributed by atoms with Gasteiger partial charge in [0.25, 0.3) is 5.92 Å². The summed E-state index contributed by atoms with van der Waals surface area (Å²) in [5.41, 5.74) is -2.63. The first-order valence-electron chi connectivity index (χ1n) is 6.03.